The molecule has 0 aromatic rings. The molecule has 1 unspecified atom stereocenters. The quantitative estimate of drug-likeness (QED) is 0.464. The van der Waals surface area contributed by atoms with E-state index in [4.69, 9.17) is 19.4 Å². The van der Waals surface area contributed by atoms with E-state index in [-0.39, 0.29) is 12.4 Å². The fraction of sp³-hybridized carbons (Fsp3) is 0.929. The summed E-state index contributed by atoms with van der Waals surface area (Å²) in [6.45, 7) is 0.315. The minimum atomic E-state index is -0.334. The molecule has 0 spiro atoms. The number of methoxy groups -OCH3 is 2. The Morgan fingerprint density at radius 3 is 2.42 bits per heavy atom. The lowest BCUT2D eigenvalue weighted by Crippen LogP contribution is -2.29. The summed E-state index contributed by atoms with van der Waals surface area (Å²) < 4.78 is 10.3. The van der Waals surface area contributed by atoms with Crippen LogP contribution in [0.3, 0.4) is 0 Å². The molecule has 0 radical (unpaired) electrons. The van der Waals surface area contributed by atoms with E-state index in [0.717, 1.165) is 37.8 Å². The Hall–Kier alpha value is -0.650. The molecule has 1 aliphatic heterocycles. The number of rotatable bonds is 11. The van der Waals surface area contributed by atoms with E-state index < -0.39 is 0 Å². The highest BCUT2D eigenvalue weighted by Crippen LogP contribution is 2.20. The molecule has 19 heavy (non-hydrogen) atoms. The third-order valence-corrected chi connectivity index (χ3v) is 3.40. The van der Waals surface area contributed by atoms with Gasteiger partial charge in [-0.2, -0.15) is 0 Å². The monoisotopic (exact) mass is 273 g/mol. The topological polar surface area (TPSA) is 60.3 Å². The number of unbranched alkanes of at least 4 members (excludes halogenated alkanes) is 5. The van der Waals surface area contributed by atoms with Gasteiger partial charge in [0.05, 0.1) is 5.71 Å². The molecule has 0 aromatic carbocycles. The second kappa shape index (κ2) is 10.2. The van der Waals surface area contributed by atoms with E-state index in [9.17, 15) is 0 Å². The Labute approximate surface area is 115 Å². The number of nitrogens with zero attached hydrogens (tertiary/aromatic N) is 1. The van der Waals surface area contributed by atoms with E-state index in [0.29, 0.717) is 6.61 Å². The van der Waals surface area contributed by atoms with E-state index in [1.807, 2.05) is 0 Å². The maximum atomic E-state index is 8.67. The first-order chi connectivity index (χ1) is 9.31. The first kappa shape index (κ1) is 16.4. The van der Waals surface area contributed by atoms with Crippen molar-refractivity contribution >= 4 is 5.71 Å². The predicted octanol–water partition coefficient (Wildman–Crippen LogP) is 2.47. The van der Waals surface area contributed by atoms with Crippen molar-refractivity contribution in [2.75, 3.05) is 20.8 Å². The van der Waals surface area contributed by atoms with Gasteiger partial charge in [0.2, 0.25) is 0 Å². The number of ether oxygens (including phenoxy) is 2. The van der Waals surface area contributed by atoms with E-state index >= 15 is 0 Å². The van der Waals surface area contributed by atoms with Gasteiger partial charge in [-0.25, -0.2) is 0 Å². The summed E-state index contributed by atoms with van der Waals surface area (Å²) in [5, 5.41) is 12.8. The lowest BCUT2D eigenvalue weighted by Gasteiger charge is -2.17. The van der Waals surface area contributed by atoms with Crippen molar-refractivity contribution in [1.29, 1.82) is 0 Å². The summed E-state index contributed by atoms with van der Waals surface area (Å²) in [7, 11) is 3.23. The second-order valence-corrected chi connectivity index (χ2v) is 4.94. The number of hydrogen-bond donors (Lipinski definition) is 1. The highest BCUT2D eigenvalue weighted by Gasteiger charge is 2.29. The molecule has 1 aliphatic rings. The van der Waals surface area contributed by atoms with Gasteiger partial charge in [0, 0.05) is 27.2 Å². The average Bonchev–Trinajstić information content (AvgIpc) is 2.88. The lowest BCUT2D eigenvalue weighted by atomic mass is 10.0. The molecule has 0 bridgehead atoms. The molecule has 0 fully saturated rings. The van der Waals surface area contributed by atoms with Crippen LogP contribution in [0.4, 0.5) is 0 Å². The van der Waals surface area contributed by atoms with Gasteiger partial charge in [0.1, 0.15) is 0 Å². The van der Waals surface area contributed by atoms with Crippen molar-refractivity contribution in [2.24, 2.45) is 5.16 Å². The van der Waals surface area contributed by atoms with Gasteiger partial charge >= 0.3 is 0 Å². The molecule has 1 atom stereocenters. The van der Waals surface area contributed by atoms with Gasteiger partial charge in [-0.15, -0.1) is 0 Å². The van der Waals surface area contributed by atoms with Crippen molar-refractivity contribution in [3.8, 4) is 0 Å². The van der Waals surface area contributed by atoms with Crippen LogP contribution in [0.25, 0.3) is 0 Å². The average molecular weight is 273 g/mol. The fourth-order valence-electron chi connectivity index (χ4n) is 2.29. The lowest BCUT2D eigenvalue weighted by molar-refractivity contribution is -0.172. The van der Waals surface area contributed by atoms with Crippen LogP contribution in [0, 0.1) is 0 Å². The van der Waals surface area contributed by atoms with Crippen LogP contribution in [0.1, 0.15) is 51.4 Å². The van der Waals surface area contributed by atoms with Crippen LogP contribution in [0.15, 0.2) is 5.16 Å². The molecule has 1 N–H and O–H groups in total. The number of aliphatic hydroxyl groups excluding tert-OH is 1. The van der Waals surface area contributed by atoms with Crippen LogP contribution < -0.4 is 0 Å². The zero-order valence-corrected chi connectivity index (χ0v) is 12.1. The zero-order valence-electron chi connectivity index (χ0n) is 12.1. The van der Waals surface area contributed by atoms with Crippen LogP contribution in [-0.4, -0.2) is 44.0 Å². The molecule has 0 saturated heterocycles. The molecular formula is C14H27NO4. The van der Waals surface area contributed by atoms with Gasteiger partial charge in [0.15, 0.2) is 12.4 Å². The molecule has 0 saturated carbocycles. The van der Waals surface area contributed by atoms with Crippen LogP contribution in [0.5, 0.6) is 0 Å². The fourth-order valence-corrected chi connectivity index (χ4v) is 2.29. The van der Waals surface area contributed by atoms with Gasteiger partial charge in [0.25, 0.3) is 0 Å². The van der Waals surface area contributed by atoms with E-state index in [1.165, 1.54) is 19.3 Å². The Balaban J connectivity index is 2.02. The third kappa shape index (κ3) is 6.36. The number of oxime groups is 1. The zero-order chi connectivity index (χ0) is 13.9. The van der Waals surface area contributed by atoms with Crippen molar-refractivity contribution in [3.63, 3.8) is 0 Å². The van der Waals surface area contributed by atoms with Crippen LogP contribution in [-0.2, 0) is 14.3 Å². The molecular weight excluding hydrogens is 246 g/mol. The summed E-state index contributed by atoms with van der Waals surface area (Å²) in [5.41, 5.74) is 1.11. The first-order valence-electron chi connectivity index (χ1n) is 7.19. The Kier molecular flexibility index (Phi) is 8.79. The predicted molar refractivity (Wildman–Crippen MR) is 74.1 cm³/mol. The van der Waals surface area contributed by atoms with Gasteiger partial charge < -0.3 is 19.4 Å². The number of hydrogen-bond acceptors (Lipinski definition) is 5. The van der Waals surface area contributed by atoms with Crippen molar-refractivity contribution in [2.45, 2.75) is 63.8 Å². The molecule has 1 heterocycles. The highest BCUT2D eigenvalue weighted by atomic mass is 16.7. The first-order valence-corrected chi connectivity index (χ1v) is 7.19. The van der Waals surface area contributed by atoms with Crippen molar-refractivity contribution in [3.05, 3.63) is 0 Å². The molecule has 0 aliphatic carbocycles. The van der Waals surface area contributed by atoms with Gasteiger partial charge in [-0.05, 0) is 19.3 Å². The largest absolute Gasteiger partial charge is 0.396 e. The summed E-state index contributed by atoms with van der Waals surface area (Å²) in [6, 6.07) is 0. The SMILES string of the molecule is COC(OC)C1CC(CCCCCCCCO)=NO1. The Morgan fingerprint density at radius 2 is 1.79 bits per heavy atom. The maximum absolute atomic E-state index is 8.67. The van der Waals surface area contributed by atoms with Gasteiger partial charge in [-0.1, -0.05) is 30.8 Å². The Bertz CT molecular complexity index is 254. The molecule has 5 nitrogen and oxygen atoms in total. The maximum Gasteiger partial charge on any atom is 0.197 e. The molecule has 0 amide bonds. The smallest absolute Gasteiger partial charge is 0.197 e. The summed E-state index contributed by atoms with van der Waals surface area (Å²) in [4.78, 5) is 5.33. The molecule has 1 rings (SSSR count). The van der Waals surface area contributed by atoms with Crippen LogP contribution in [0.2, 0.25) is 0 Å². The van der Waals surface area contributed by atoms with Gasteiger partial charge in [-0.3, -0.25) is 0 Å². The van der Waals surface area contributed by atoms with Crippen molar-refractivity contribution < 1.29 is 19.4 Å². The summed E-state index contributed by atoms with van der Waals surface area (Å²) >= 11 is 0. The van der Waals surface area contributed by atoms with E-state index in [1.54, 1.807) is 14.2 Å². The summed E-state index contributed by atoms with van der Waals surface area (Å²) in [6.07, 6.45) is 8.23. The highest BCUT2D eigenvalue weighted by molar-refractivity contribution is 5.85. The van der Waals surface area contributed by atoms with Crippen LogP contribution >= 0.6 is 0 Å². The third-order valence-electron chi connectivity index (χ3n) is 3.40. The minimum Gasteiger partial charge on any atom is -0.396 e. The second-order valence-electron chi connectivity index (χ2n) is 4.94. The minimum absolute atomic E-state index is 0.102. The standard InChI is InChI=1S/C14H27NO4/c1-17-14(18-2)13-11-12(15-19-13)9-7-5-3-4-6-8-10-16/h13-14,16H,3-11H2,1-2H3. The van der Waals surface area contributed by atoms with Crippen molar-refractivity contribution in [1.82, 2.24) is 0 Å². The molecule has 112 valence electrons. The molecule has 5 heteroatoms. The summed E-state index contributed by atoms with van der Waals surface area (Å²) in [5.74, 6) is 0. The number of aliphatic hydroxyl groups is 1. The normalized spacial score (nSPS) is 18.7. The molecule has 0 aromatic heterocycles. The Morgan fingerprint density at radius 1 is 1.16 bits per heavy atom. The van der Waals surface area contributed by atoms with E-state index in [2.05, 4.69) is 5.16 Å².